The van der Waals surface area contributed by atoms with E-state index in [1.807, 2.05) is 72.8 Å². The smallest absolute Gasteiger partial charge is 0.193 e. The summed E-state index contributed by atoms with van der Waals surface area (Å²) in [4.78, 5) is 24.5. The summed E-state index contributed by atoms with van der Waals surface area (Å²) >= 11 is 0. The summed E-state index contributed by atoms with van der Waals surface area (Å²) in [6, 6.07) is 26.3. The molecule has 3 aromatic rings. The van der Waals surface area contributed by atoms with E-state index in [0.29, 0.717) is 16.7 Å². The van der Waals surface area contributed by atoms with Crippen molar-refractivity contribution in [2.24, 2.45) is 0 Å². The summed E-state index contributed by atoms with van der Waals surface area (Å²) in [5.74, 6) is -0.0525. The highest BCUT2D eigenvalue weighted by atomic mass is 16.1. The number of benzene rings is 3. The van der Waals surface area contributed by atoms with Crippen LogP contribution in [-0.2, 0) is 4.79 Å². The van der Waals surface area contributed by atoms with Gasteiger partial charge in [0.25, 0.3) is 0 Å². The third-order valence-electron chi connectivity index (χ3n) is 4.11. The highest BCUT2D eigenvalue weighted by molar-refractivity contribution is 6.13. The lowest BCUT2D eigenvalue weighted by Crippen LogP contribution is -2.06. The fourth-order valence-corrected chi connectivity index (χ4v) is 2.90. The second-order valence-corrected chi connectivity index (χ2v) is 5.78. The summed E-state index contributed by atoms with van der Waals surface area (Å²) in [5, 5.41) is 0. The highest BCUT2D eigenvalue weighted by Crippen LogP contribution is 2.30. The number of allylic oxidation sites excluding steroid dienone is 1. The van der Waals surface area contributed by atoms with Crippen molar-refractivity contribution >= 4 is 17.6 Å². The van der Waals surface area contributed by atoms with Gasteiger partial charge in [0.1, 0.15) is 6.29 Å². The van der Waals surface area contributed by atoms with Gasteiger partial charge in [0.05, 0.1) is 0 Å². The predicted molar refractivity (Wildman–Crippen MR) is 101 cm³/mol. The Balaban J connectivity index is 2.20. The normalized spacial score (nSPS) is 11.6. The van der Waals surface area contributed by atoms with E-state index in [4.69, 9.17) is 0 Å². The lowest BCUT2D eigenvalue weighted by atomic mass is 9.88. The Kier molecular flexibility index (Phi) is 5.00. The van der Waals surface area contributed by atoms with Crippen LogP contribution in [0.3, 0.4) is 0 Å². The molecule has 0 atom stereocenters. The minimum Gasteiger partial charge on any atom is -0.298 e. The van der Waals surface area contributed by atoms with Gasteiger partial charge in [-0.1, -0.05) is 84.9 Å². The van der Waals surface area contributed by atoms with Gasteiger partial charge >= 0.3 is 0 Å². The van der Waals surface area contributed by atoms with Crippen LogP contribution in [-0.4, -0.2) is 12.1 Å². The molecule has 0 aliphatic rings. The molecule has 0 saturated heterocycles. The van der Waals surface area contributed by atoms with Crippen molar-refractivity contribution in [3.63, 3.8) is 0 Å². The van der Waals surface area contributed by atoms with E-state index in [1.165, 1.54) is 0 Å². The number of hydrogen-bond donors (Lipinski definition) is 0. The average molecular weight is 326 g/mol. The Morgan fingerprint density at radius 3 is 1.72 bits per heavy atom. The number of rotatable bonds is 5. The molecular weight excluding hydrogens is 308 g/mol. The van der Waals surface area contributed by atoms with Gasteiger partial charge in [0, 0.05) is 11.1 Å². The molecule has 0 bridgehead atoms. The van der Waals surface area contributed by atoms with Gasteiger partial charge in [0.2, 0.25) is 0 Å². The molecule has 0 aliphatic heterocycles. The second kappa shape index (κ2) is 7.54. The van der Waals surface area contributed by atoms with E-state index in [2.05, 4.69) is 0 Å². The minimum atomic E-state index is -0.0525. The zero-order valence-corrected chi connectivity index (χ0v) is 14.0. The number of aldehydes is 1. The van der Waals surface area contributed by atoms with E-state index in [9.17, 15) is 9.59 Å². The summed E-state index contributed by atoms with van der Waals surface area (Å²) in [7, 11) is 0. The van der Waals surface area contributed by atoms with Crippen molar-refractivity contribution in [3.8, 4) is 0 Å². The summed E-state index contributed by atoms with van der Waals surface area (Å²) < 4.78 is 0. The second-order valence-electron chi connectivity index (χ2n) is 5.78. The minimum absolute atomic E-state index is 0.0525. The van der Waals surface area contributed by atoms with E-state index < -0.39 is 0 Å². The van der Waals surface area contributed by atoms with Crippen LogP contribution in [0.5, 0.6) is 0 Å². The summed E-state index contributed by atoms with van der Waals surface area (Å²) in [6.07, 6.45) is 0.839. The fourth-order valence-electron chi connectivity index (χ4n) is 2.90. The van der Waals surface area contributed by atoms with Crippen LogP contribution in [0, 0.1) is 0 Å². The molecule has 2 heteroatoms. The maximum atomic E-state index is 13.0. The van der Waals surface area contributed by atoms with Crippen LogP contribution in [0.25, 0.3) is 5.57 Å². The van der Waals surface area contributed by atoms with Crippen LogP contribution in [0.4, 0.5) is 0 Å². The first-order valence-electron chi connectivity index (χ1n) is 8.13. The molecule has 0 aliphatic carbocycles. The Morgan fingerprint density at radius 2 is 1.16 bits per heavy atom. The van der Waals surface area contributed by atoms with Gasteiger partial charge in [-0.25, -0.2) is 0 Å². The quantitative estimate of drug-likeness (QED) is 0.378. The largest absolute Gasteiger partial charge is 0.298 e. The van der Waals surface area contributed by atoms with E-state index >= 15 is 0 Å². The number of carbonyl (C=O) groups is 2. The van der Waals surface area contributed by atoms with Crippen molar-refractivity contribution in [1.29, 1.82) is 0 Å². The fraction of sp³-hybridized carbons (Fsp3) is 0.0435. The van der Waals surface area contributed by atoms with Crippen LogP contribution in [0.15, 0.2) is 90.5 Å². The van der Waals surface area contributed by atoms with E-state index in [-0.39, 0.29) is 5.78 Å². The van der Waals surface area contributed by atoms with Crippen LogP contribution in [0.2, 0.25) is 0 Å². The monoisotopic (exact) mass is 326 g/mol. The Hall–Kier alpha value is -3.26. The zero-order chi connectivity index (χ0) is 17.6. The molecule has 0 fully saturated rings. The first kappa shape index (κ1) is 16.6. The Labute approximate surface area is 147 Å². The van der Waals surface area contributed by atoms with Crippen molar-refractivity contribution in [2.45, 2.75) is 6.92 Å². The van der Waals surface area contributed by atoms with Gasteiger partial charge in [-0.05, 0) is 29.2 Å². The topological polar surface area (TPSA) is 34.1 Å². The van der Waals surface area contributed by atoms with E-state index in [1.54, 1.807) is 19.1 Å². The first-order chi connectivity index (χ1) is 12.2. The summed E-state index contributed by atoms with van der Waals surface area (Å²) in [5.41, 5.74) is 4.29. The molecule has 0 N–H and O–H groups in total. The number of carbonyl (C=O) groups excluding carboxylic acids is 2. The van der Waals surface area contributed by atoms with Crippen molar-refractivity contribution in [2.75, 3.05) is 0 Å². The van der Waals surface area contributed by atoms with Gasteiger partial charge in [-0.15, -0.1) is 0 Å². The number of hydrogen-bond acceptors (Lipinski definition) is 2. The first-order valence-corrected chi connectivity index (χ1v) is 8.13. The molecule has 0 amide bonds. The SMILES string of the molecule is C/C(C=O)=C(\c1ccccc1)c1ccccc1C(=O)c1ccccc1. The lowest BCUT2D eigenvalue weighted by molar-refractivity contribution is -0.104. The predicted octanol–water partition coefficient (Wildman–Crippen LogP) is 4.94. The molecule has 0 radical (unpaired) electrons. The molecular formula is C23H18O2. The molecule has 0 aromatic heterocycles. The Morgan fingerprint density at radius 1 is 0.680 bits per heavy atom. The Bertz CT molecular complexity index is 923. The van der Waals surface area contributed by atoms with E-state index in [0.717, 1.165) is 23.0 Å². The molecule has 3 rings (SSSR count). The van der Waals surface area contributed by atoms with Gasteiger partial charge in [-0.2, -0.15) is 0 Å². The molecule has 3 aromatic carbocycles. The van der Waals surface area contributed by atoms with Crippen LogP contribution >= 0.6 is 0 Å². The molecule has 25 heavy (non-hydrogen) atoms. The summed E-state index contributed by atoms with van der Waals surface area (Å²) in [6.45, 7) is 1.78. The maximum absolute atomic E-state index is 13.0. The standard InChI is InChI=1S/C23H18O2/c1-17(16-24)22(18-10-4-2-5-11-18)20-14-8-9-15-21(20)23(25)19-12-6-3-7-13-19/h2-16H,1H3/b22-17-. The van der Waals surface area contributed by atoms with Gasteiger partial charge in [0.15, 0.2) is 5.78 Å². The molecule has 2 nitrogen and oxygen atoms in total. The number of ketones is 1. The van der Waals surface area contributed by atoms with Crippen LogP contribution < -0.4 is 0 Å². The maximum Gasteiger partial charge on any atom is 0.193 e. The molecule has 122 valence electrons. The van der Waals surface area contributed by atoms with Gasteiger partial charge < -0.3 is 0 Å². The lowest BCUT2D eigenvalue weighted by Gasteiger charge is -2.14. The van der Waals surface area contributed by atoms with Crippen LogP contribution in [0.1, 0.15) is 34.0 Å². The zero-order valence-electron chi connectivity index (χ0n) is 14.0. The third kappa shape index (κ3) is 3.48. The molecule has 0 saturated carbocycles. The molecule has 0 heterocycles. The van der Waals surface area contributed by atoms with Gasteiger partial charge in [-0.3, -0.25) is 9.59 Å². The van der Waals surface area contributed by atoms with Crippen molar-refractivity contribution in [1.82, 2.24) is 0 Å². The van der Waals surface area contributed by atoms with Crippen molar-refractivity contribution < 1.29 is 9.59 Å². The molecule has 0 unspecified atom stereocenters. The average Bonchev–Trinajstić information content (AvgIpc) is 2.69. The highest BCUT2D eigenvalue weighted by Gasteiger charge is 2.18. The molecule has 0 spiro atoms. The third-order valence-corrected chi connectivity index (χ3v) is 4.11. The van der Waals surface area contributed by atoms with Crippen molar-refractivity contribution in [3.05, 3.63) is 113 Å².